The number of hydrogen-bond donors (Lipinski definition) is 2. The second-order valence-corrected chi connectivity index (χ2v) is 5.69. The van der Waals surface area contributed by atoms with E-state index in [1.807, 2.05) is 0 Å². The average Bonchev–Trinajstić information content (AvgIpc) is 2.42. The summed E-state index contributed by atoms with van der Waals surface area (Å²) in [6.45, 7) is 2.20. The molecule has 19 heavy (non-hydrogen) atoms. The number of sulfonamides is 1. The molecule has 0 aliphatic heterocycles. The normalized spacial score (nSPS) is 11.2. The third kappa shape index (κ3) is 4.04. The summed E-state index contributed by atoms with van der Waals surface area (Å²) < 4.78 is 25.7. The smallest absolute Gasteiger partial charge is 0.243 e. The Kier molecular flexibility index (Phi) is 5.99. The number of nitrogens with zero attached hydrogens (tertiary/aromatic N) is 1. The minimum atomic E-state index is -3.55. The molecule has 0 saturated carbocycles. The van der Waals surface area contributed by atoms with E-state index >= 15 is 0 Å². The lowest BCUT2D eigenvalue weighted by molar-refractivity contribution is 0.257. The Morgan fingerprint density at radius 1 is 1.32 bits per heavy atom. The molecule has 0 amide bonds. The predicted octanol–water partition coefficient (Wildman–Crippen LogP) is -0.000300. The van der Waals surface area contributed by atoms with Crippen molar-refractivity contribution in [2.24, 2.45) is 5.73 Å². The summed E-state index contributed by atoms with van der Waals surface area (Å²) >= 11 is 0. The van der Waals surface area contributed by atoms with Crippen LogP contribution in [-0.2, 0) is 10.0 Å². The number of nitrogens with two attached hydrogens (primary N) is 1. The first-order valence-electron chi connectivity index (χ1n) is 5.96. The number of hydrogen-bond acceptors (Lipinski definition) is 4. The Morgan fingerprint density at radius 2 is 1.95 bits per heavy atom. The summed E-state index contributed by atoms with van der Waals surface area (Å²) in [4.78, 5) is 0.195. The van der Waals surface area contributed by atoms with E-state index in [9.17, 15) is 8.42 Å². The van der Waals surface area contributed by atoms with Crippen molar-refractivity contribution in [3.8, 4) is 11.8 Å². The molecule has 1 rings (SSSR count). The highest BCUT2D eigenvalue weighted by molar-refractivity contribution is 7.89. The van der Waals surface area contributed by atoms with Gasteiger partial charge in [0.15, 0.2) is 0 Å². The van der Waals surface area contributed by atoms with Gasteiger partial charge in [-0.15, -0.1) is 0 Å². The average molecular weight is 282 g/mol. The lowest BCUT2D eigenvalue weighted by Crippen LogP contribution is -2.33. The lowest BCUT2D eigenvalue weighted by Gasteiger charge is -2.19. The highest BCUT2D eigenvalue weighted by Crippen LogP contribution is 2.15. The van der Waals surface area contributed by atoms with E-state index in [-0.39, 0.29) is 24.6 Å². The Bertz CT molecular complexity index is 556. The van der Waals surface area contributed by atoms with Crippen LogP contribution in [0.2, 0.25) is 0 Å². The zero-order valence-electron chi connectivity index (χ0n) is 10.8. The first-order valence-corrected chi connectivity index (χ1v) is 7.40. The molecule has 6 heteroatoms. The topological polar surface area (TPSA) is 83.6 Å². The molecule has 0 bridgehead atoms. The molecule has 0 unspecified atom stereocenters. The zero-order chi connectivity index (χ0) is 14.3. The third-order valence-electron chi connectivity index (χ3n) is 2.53. The Balaban J connectivity index is 3.02. The van der Waals surface area contributed by atoms with Crippen LogP contribution in [0.15, 0.2) is 29.2 Å². The van der Waals surface area contributed by atoms with Gasteiger partial charge in [0.2, 0.25) is 10.0 Å². The maximum Gasteiger partial charge on any atom is 0.243 e. The second-order valence-electron chi connectivity index (χ2n) is 3.75. The van der Waals surface area contributed by atoms with Crippen LogP contribution >= 0.6 is 0 Å². The van der Waals surface area contributed by atoms with Gasteiger partial charge in [0, 0.05) is 18.7 Å². The number of aliphatic hydroxyl groups is 1. The fourth-order valence-corrected chi connectivity index (χ4v) is 3.01. The molecule has 0 heterocycles. The van der Waals surface area contributed by atoms with Crippen LogP contribution in [0.5, 0.6) is 0 Å². The van der Waals surface area contributed by atoms with E-state index in [2.05, 4.69) is 11.8 Å². The molecule has 0 radical (unpaired) electrons. The van der Waals surface area contributed by atoms with Crippen LogP contribution < -0.4 is 5.73 Å². The molecule has 1 aromatic carbocycles. The minimum Gasteiger partial charge on any atom is -0.395 e. The van der Waals surface area contributed by atoms with Gasteiger partial charge in [-0.3, -0.25) is 0 Å². The SMILES string of the molecule is CCN(CCO)S(=O)(=O)c1ccc(C#CCN)cc1. The first kappa shape index (κ1) is 15.7. The van der Waals surface area contributed by atoms with E-state index in [4.69, 9.17) is 10.8 Å². The molecule has 0 fully saturated rings. The van der Waals surface area contributed by atoms with Crippen molar-refractivity contribution in [3.05, 3.63) is 29.8 Å². The summed E-state index contributed by atoms with van der Waals surface area (Å²) in [5, 5.41) is 8.88. The van der Waals surface area contributed by atoms with E-state index in [1.165, 1.54) is 16.4 Å². The van der Waals surface area contributed by atoms with Crippen LogP contribution in [0.4, 0.5) is 0 Å². The monoisotopic (exact) mass is 282 g/mol. The van der Waals surface area contributed by atoms with Crippen molar-refractivity contribution in [1.29, 1.82) is 0 Å². The quantitative estimate of drug-likeness (QED) is 0.745. The van der Waals surface area contributed by atoms with Gasteiger partial charge in [0.05, 0.1) is 18.0 Å². The largest absolute Gasteiger partial charge is 0.395 e. The number of benzene rings is 1. The summed E-state index contributed by atoms with van der Waals surface area (Å²) in [5.74, 6) is 5.53. The van der Waals surface area contributed by atoms with Gasteiger partial charge in [-0.25, -0.2) is 8.42 Å². The van der Waals surface area contributed by atoms with Crippen molar-refractivity contribution >= 4 is 10.0 Å². The molecule has 0 aromatic heterocycles. The van der Waals surface area contributed by atoms with Crippen LogP contribution in [0.25, 0.3) is 0 Å². The highest BCUT2D eigenvalue weighted by Gasteiger charge is 2.22. The van der Waals surface area contributed by atoms with Crippen LogP contribution in [-0.4, -0.2) is 44.1 Å². The van der Waals surface area contributed by atoms with E-state index in [0.717, 1.165) is 5.56 Å². The number of aliphatic hydroxyl groups excluding tert-OH is 1. The fourth-order valence-electron chi connectivity index (χ4n) is 1.57. The Labute approximate surface area is 114 Å². The van der Waals surface area contributed by atoms with Gasteiger partial charge in [0.25, 0.3) is 0 Å². The Hall–Kier alpha value is -1.39. The van der Waals surface area contributed by atoms with Crippen molar-refractivity contribution in [3.63, 3.8) is 0 Å². The van der Waals surface area contributed by atoms with E-state index in [0.29, 0.717) is 6.54 Å². The molecule has 5 nitrogen and oxygen atoms in total. The zero-order valence-corrected chi connectivity index (χ0v) is 11.7. The van der Waals surface area contributed by atoms with Gasteiger partial charge in [-0.1, -0.05) is 18.8 Å². The maximum absolute atomic E-state index is 12.2. The maximum atomic E-state index is 12.2. The number of likely N-dealkylation sites (N-methyl/N-ethyl adjacent to an activating group) is 1. The van der Waals surface area contributed by atoms with Crippen LogP contribution in [0.1, 0.15) is 12.5 Å². The van der Waals surface area contributed by atoms with E-state index < -0.39 is 10.0 Å². The first-order chi connectivity index (χ1) is 9.06. The van der Waals surface area contributed by atoms with Crippen molar-refractivity contribution in [2.45, 2.75) is 11.8 Å². The molecule has 0 aliphatic rings. The van der Waals surface area contributed by atoms with Gasteiger partial charge < -0.3 is 10.8 Å². The standard InChI is InChI=1S/C13H18N2O3S/c1-2-15(10-11-16)19(17,18)13-7-5-12(6-8-13)4-3-9-14/h5-8,16H,2,9-11,14H2,1H3. The molecule has 0 atom stereocenters. The molecular formula is C13H18N2O3S. The third-order valence-corrected chi connectivity index (χ3v) is 4.52. The van der Waals surface area contributed by atoms with Crippen LogP contribution in [0, 0.1) is 11.8 Å². The predicted molar refractivity (Wildman–Crippen MR) is 73.9 cm³/mol. The molecule has 1 aromatic rings. The molecule has 0 spiro atoms. The van der Waals surface area contributed by atoms with E-state index in [1.54, 1.807) is 19.1 Å². The summed E-state index contributed by atoms with van der Waals surface area (Å²) in [5.41, 5.74) is 5.98. The van der Waals surface area contributed by atoms with Crippen molar-refractivity contribution < 1.29 is 13.5 Å². The van der Waals surface area contributed by atoms with Gasteiger partial charge in [-0.2, -0.15) is 4.31 Å². The summed E-state index contributed by atoms with van der Waals surface area (Å²) in [6, 6.07) is 6.30. The van der Waals surface area contributed by atoms with Crippen molar-refractivity contribution in [2.75, 3.05) is 26.2 Å². The summed E-state index contributed by atoms with van der Waals surface area (Å²) in [6.07, 6.45) is 0. The van der Waals surface area contributed by atoms with Gasteiger partial charge >= 0.3 is 0 Å². The lowest BCUT2D eigenvalue weighted by atomic mass is 10.2. The summed E-state index contributed by atoms with van der Waals surface area (Å²) in [7, 11) is -3.55. The number of rotatable bonds is 5. The molecular weight excluding hydrogens is 264 g/mol. The van der Waals surface area contributed by atoms with Crippen molar-refractivity contribution in [1.82, 2.24) is 4.31 Å². The molecule has 3 N–H and O–H groups in total. The molecule has 0 saturated heterocycles. The molecule has 0 aliphatic carbocycles. The fraction of sp³-hybridized carbons (Fsp3) is 0.385. The highest BCUT2D eigenvalue weighted by atomic mass is 32.2. The minimum absolute atomic E-state index is 0.0908. The van der Waals surface area contributed by atoms with Crippen LogP contribution in [0.3, 0.4) is 0 Å². The Morgan fingerprint density at radius 3 is 2.42 bits per heavy atom. The second kappa shape index (κ2) is 7.26. The van der Waals surface area contributed by atoms with Gasteiger partial charge in [0.1, 0.15) is 0 Å². The molecule has 104 valence electrons. The van der Waals surface area contributed by atoms with Gasteiger partial charge in [-0.05, 0) is 24.3 Å².